The number of nitrogens with two attached hydrogens (primary N) is 1. The molecule has 0 saturated heterocycles. The lowest BCUT2D eigenvalue weighted by atomic mass is 10.1. The monoisotopic (exact) mass is 279 g/mol. The predicted molar refractivity (Wildman–Crippen MR) is 86.2 cm³/mol. The number of aromatic amines is 1. The molecule has 0 aliphatic carbocycles. The van der Waals surface area contributed by atoms with E-state index in [0.717, 1.165) is 22.8 Å². The zero-order chi connectivity index (χ0) is 14.8. The lowest BCUT2D eigenvalue weighted by molar-refractivity contribution is 0.892. The van der Waals surface area contributed by atoms with E-state index in [1.807, 2.05) is 49.4 Å². The van der Waals surface area contributed by atoms with Gasteiger partial charge in [-0.05, 0) is 23.3 Å². The van der Waals surface area contributed by atoms with Gasteiger partial charge in [0.15, 0.2) is 0 Å². The van der Waals surface area contributed by atoms with E-state index in [1.165, 1.54) is 0 Å². The fourth-order valence-electron chi connectivity index (χ4n) is 2.48. The topological polar surface area (TPSA) is 71.8 Å². The molecule has 3 aromatic rings. The fourth-order valence-corrected chi connectivity index (χ4v) is 2.48. The van der Waals surface area contributed by atoms with Crippen LogP contribution in [0.4, 0.5) is 5.82 Å². The highest BCUT2D eigenvalue weighted by Gasteiger charge is 2.09. The minimum atomic E-state index is -0.146. The van der Waals surface area contributed by atoms with Crippen LogP contribution in [0.3, 0.4) is 0 Å². The van der Waals surface area contributed by atoms with Crippen LogP contribution < -0.4 is 11.3 Å². The summed E-state index contributed by atoms with van der Waals surface area (Å²) in [6.07, 6.45) is 1.51. The third-order valence-corrected chi connectivity index (χ3v) is 3.57. The molecule has 0 aliphatic heterocycles. The first kappa shape index (κ1) is 13.4. The first-order valence-corrected chi connectivity index (χ1v) is 7.07. The van der Waals surface area contributed by atoms with Crippen molar-refractivity contribution in [3.8, 4) is 11.4 Å². The van der Waals surface area contributed by atoms with Crippen molar-refractivity contribution >= 4 is 16.6 Å². The first-order chi connectivity index (χ1) is 10.2. The van der Waals surface area contributed by atoms with Gasteiger partial charge in [0.25, 0.3) is 5.56 Å². The molecule has 0 atom stereocenters. The molecule has 0 bridgehead atoms. The number of benzene rings is 2. The van der Waals surface area contributed by atoms with Gasteiger partial charge in [0, 0.05) is 5.56 Å². The second-order valence-electron chi connectivity index (χ2n) is 5.09. The van der Waals surface area contributed by atoms with Crippen LogP contribution in [0.25, 0.3) is 22.2 Å². The van der Waals surface area contributed by atoms with E-state index >= 15 is 0 Å². The van der Waals surface area contributed by atoms with Crippen molar-refractivity contribution in [2.24, 2.45) is 0 Å². The maximum Gasteiger partial charge on any atom is 0.256 e. The van der Waals surface area contributed by atoms with Gasteiger partial charge < -0.3 is 10.7 Å². The van der Waals surface area contributed by atoms with E-state index in [4.69, 9.17) is 5.73 Å². The van der Waals surface area contributed by atoms with Crippen LogP contribution in [0, 0.1) is 0 Å². The molecule has 0 radical (unpaired) electrons. The Hall–Kier alpha value is -2.62. The summed E-state index contributed by atoms with van der Waals surface area (Å²) in [5.41, 5.74) is 7.21. The predicted octanol–water partition coefficient (Wildman–Crippen LogP) is 3.12. The van der Waals surface area contributed by atoms with Gasteiger partial charge >= 0.3 is 0 Å². The summed E-state index contributed by atoms with van der Waals surface area (Å²) in [6.45, 7) is 2.01. The second kappa shape index (κ2) is 5.40. The number of H-pyrrole nitrogens is 1. The summed E-state index contributed by atoms with van der Waals surface area (Å²) in [5.74, 6) is 0.840. The van der Waals surface area contributed by atoms with Gasteiger partial charge in [0.2, 0.25) is 0 Å². The molecule has 0 amide bonds. The first-order valence-electron chi connectivity index (χ1n) is 7.07. The zero-order valence-electron chi connectivity index (χ0n) is 11.9. The average molecular weight is 279 g/mol. The van der Waals surface area contributed by atoms with E-state index in [1.54, 1.807) is 0 Å². The molecule has 0 saturated carbocycles. The van der Waals surface area contributed by atoms with Gasteiger partial charge in [-0.25, -0.2) is 4.98 Å². The molecular weight excluding hydrogens is 262 g/mol. The molecule has 4 nitrogen and oxygen atoms in total. The number of anilines is 1. The van der Waals surface area contributed by atoms with Crippen molar-refractivity contribution in [3.63, 3.8) is 0 Å². The number of nitrogens with one attached hydrogen (secondary N) is 1. The zero-order valence-corrected chi connectivity index (χ0v) is 11.9. The number of fused-ring (bicyclic) bond motifs is 1. The van der Waals surface area contributed by atoms with Crippen LogP contribution in [0.1, 0.15) is 18.9 Å². The van der Waals surface area contributed by atoms with Crippen molar-refractivity contribution in [3.05, 3.63) is 58.4 Å². The van der Waals surface area contributed by atoms with E-state index < -0.39 is 0 Å². The highest BCUT2D eigenvalue weighted by molar-refractivity contribution is 5.86. The molecule has 0 aliphatic rings. The summed E-state index contributed by atoms with van der Waals surface area (Å²) in [7, 11) is 0. The molecular formula is C17H17N3O. The van der Waals surface area contributed by atoms with E-state index in [0.29, 0.717) is 23.6 Å². The van der Waals surface area contributed by atoms with Crippen LogP contribution >= 0.6 is 0 Å². The summed E-state index contributed by atoms with van der Waals surface area (Å²) in [6, 6.07) is 14.0. The Morgan fingerprint density at radius 1 is 1.14 bits per heavy atom. The normalized spacial score (nSPS) is 10.9. The van der Waals surface area contributed by atoms with Gasteiger partial charge in [-0.3, -0.25) is 4.79 Å². The minimum Gasteiger partial charge on any atom is -0.383 e. The highest BCUT2D eigenvalue weighted by Crippen LogP contribution is 2.22. The quantitative estimate of drug-likeness (QED) is 0.773. The fraction of sp³-hybridized carbons (Fsp3) is 0.176. The summed E-state index contributed by atoms with van der Waals surface area (Å²) < 4.78 is 0. The van der Waals surface area contributed by atoms with Crippen LogP contribution in [-0.4, -0.2) is 9.97 Å². The number of aromatic nitrogens is 2. The standard InChI is InChI=1S/C17H17N3O/c1-2-5-14-15(18)19-16(20-17(14)21)13-9-8-11-6-3-4-7-12(11)10-13/h3-4,6-10H,2,5H2,1H3,(H3,18,19,20,21). The Kier molecular flexibility index (Phi) is 3.44. The van der Waals surface area contributed by atoms with Gasteiger partial charge in [-0.1, -0.05) is 49.7 Å². The van der Waals surface area contributed by atoms with Gasteiger partial charge in [0.1, 0.15) is 11.6 Å². The lowest BCUT2D eigenvalue weighted by Gasteiger charge is -2.07. The SMILES string of the molecule is CCCc1c(N)nc(-c2ccc3ccccc3c2)[nH]c1=O. The van der Waals surface area contributed by atoms with E-state index in [-0.39, 0.29) is 5.56 Å². The second-order valence-corrected chi connectivity index (χ2v) is 5.09. The van der Waals surface area contributed by atoms with Gasteiger partial charge in [0.05, 0.1) is 5.56 Å². The molecule has 0 unspecified atom stereocenters. The molecule has 0 spiro atoms. The summed E-state index contributed by atoms with van der Waals surface area (Å²) in [4.78, 5) is 19.3. The molecule has 1 heterocycles. The van der Waals surface area contributed by atoms with Crippen LogP contribution in [0.15, 0.2) is 47.3 Å². The Morgan fingerprint density at radius 3 is 2.62 bits per heavy atom. The molecule has 0 fully saturated rings. The molecule has 21 heavy (non-hydrogen) atoms. The number of hydrogen-bond acceptors (Lipinski definition) is 3. The van der Waals surface area contributed by atoms with Crippen molar-refractivity contribution in [1.29, 1.82) is 0 Å². The Balaban J connectivity index is 2.12. The molecule has 106 valence electrons. The van der Waals surface area contributed by atoms with E-state index in [9.17, 15) is 4.79 Å². The number of rotatable bonds is 3. The molecule has 3 N–H and O–H groups in total. The van der Waals surface area contributed by atoms with Gasteiger partial charge in [-0.2, -0.15) is 0 Å². The number of nitrogens with zero attached hydrogens (tertiary/aromatic N) is 1. The van der Waals surface area contributed by atoms with Gasteiger partial charge in [-0.15, -0.1) is 0 Å². The van der Waals surface area contributed by atoms with Crippen molar-refractivity contribution in [2.45, 2.75) is 19.8 Å². The molecule has 1 aromatic heterocycles. The van der Waals surface area contributed by atoms with Crippen LogP contribution in [0.2, 0.25) is 0 Å². The van der Waals surface area contributed by atoms with Crippen molar-refractivity contribution in [1.82, 2.24) is 9.97 Å². The summed E-state index contributed by atoms with van der Waals surface area (Å²) in [5, 5.41) is 2.26. The smallest absolute Gasteiger partial charge is 0.256 e. The highest BCUT2D eigenvalue weighted by atomic mass is 16.1. The van der Waals surface area contributed by atoms with Crippen LogP contribution in [0.5, 0.6) is 0 Å². The summed E-state index contributed by atoms with van der Waals surface area (Å²) >= 11 is 0. The van der Waals surface area contributed by atoms with Crippen molar-refractivity contribution in [2.75, 3.05) is 5.73 Å². The Labute approximate surface area is 122 Å². The minimum absolute atomic E-state index is 0.146. The van der Waals surface area contributed by atoms with E-state index in [2.05, 4.69) is 9.97 Å². The largest absolute Gasteiger partial charge is 0.383 e. The lowest BCUT2D eigenvalue weighted by Crippen LogP contribution is -2.18. The van der Waals surface area contributed by atoms with Crippen LogP contribution in [-0.2, 0) is 6.42 Å². The molecule has 3 rings (SSSR count). The average Bonchev–Trinajstić information content (AvgIpc) is 2.50. The molecule has 4 heteroatoms. The number of nitrogen functional groups attached to an aromatic ring is 1. The third kappa shape index (κ3) is 2.52. The maximum atomic E-state index is 12.1. The third-order valence-electron chi connectivity index (χ3n) is 3.57. The van der Waals surface area contributed by atoms with Crippen molar-refractivity contribution < 1.29 is 0 Å². The Bertz CT molecular complexity index is 852. The molecule has 2 aromatic carbocycles. The number of hydrogen-bond donors (Lipinski definition) is 2. The maximum absolute atomic E-state index is 12.1. The Morgan fingerprint density at radius 2 is 1.90 bits per heavy atom.